The third-order valence-corrected chi connectivity index (χ3v) is 1.69. The van der Waals surface area contributed by atoms with E-state index in [1.807, 2.05) is 5.32 Å². The zero-order valence-corrected chi connectivity index (χ0v) is 8.60. The van der Waals surface area contributed by atoms with Crippen LogP contribution in [0, 0.1) is 0 Å². The van der Waals surface area contributed by atoms with Crippen molar-refractivity contribution in [1.82, 2.24) is 10.2 Å². The predicted molar refractivity (Wildman–Crippen MR) is 51.4 cm³/mol. The van der Waals surface area contributed by atoms with Gasteiger partial charge in [0.2, 0.25) is 5.91 Å². The summed E-state index contributed by atoms with van der Waals surface area (Å²) in [7, 11) is 0. The second-order valence-corrected chi connectivity index (χ2v) is 2.94. The highest BCUT2D eigenvalue weighted by molar-refractivity contribution is 5.78. The van der Waals surface area contributed by atoms with Crippen molar-refractivity contribution in [3.8, 4) is 0 Å². The third kappa shape index (κ3) is 6.96. The molecule has 0 radical (unpaired) electrons. The van der Waals surface area contributed by atoms with Gasteiger partial charge in [-0.3, -0.25) is 4.79 Å². The molecule has 0 aromatic carbocycles. The van der Waals surface area contributed by atoms with Gasteiger partial charge in [0.05, 0.1) is 13.1 Å². The van der Waals surface area contributed by atoms with Gasteiger partial charge in [-0.25, -0.2) is 0 Å². The average Bonchev–Trinajstić information content (AvgIpc) is 2.11. The monoisotopic (exact) mass is 224 g/mol. The molecule has 0 aromatic heterocycles. The first-order valence-corrected chi connectivity index (χ1v) is 4.56. The van der Waals surface area contributed by atoms with Crippen molar-refractivity contribution in [2.24, 2.45) is 0 Å². The molecule has 1 amide bonds. The summed E-state index contributed by atoms with van der Waals surface area (Å²) in [5.74, 6) is -0.360. The second kappa shape index (κ2) is 6.44. The molecule has 6 heteroatoms. The summed E-state index contributed by atoms with van der Waals surface area (Å²) in [5, 5.41) is 2.05. The summed E-state index contributed by atoms with van der Waals surface area (Å²) in [4.78, 5) is 12.7. The van der Waals surface area contributed by atoms with Crippen LogP contribution in [0.5, 0.6) is 0 Å². The Balaban J connectivity index is 3.86. The third-order valence-electron chi connectivity index (χ3n) is 1.69. The Labute approximate surface area is 86.9 Å². The summed E-state index contributed by atoms with van der Waals surface area (Å²) in [5.41, 5.74) is 0. The van der Waals surface area contributed by atoms with E-state index in [1.165, 1.54) is 11.0 Å². The quantitative estimate of drug-likeness (QED) is 0.687. The minimum absolute atomic E-state index is 0.304. The molecule has 0 aromatic rings. The van der Waals surface area contributed by atoms with Gasteiger partial charge in [0, 0.05) is 13.1 Å². The molecule has 0 aliphatic heterocycles. The van der Waals surface area contributed by atoms with E-state index in [2.05, 4.69) is 6.58 Å². The molecular formula is C9H15F3N2O. The Hall–Kier alpha value is -1.04. The Bertz CT molecular complexity index is 216. The molecule has 0 aliphatic rings. The first-order chi connectivity index (χ1) is 6.90. The highest BCUT2D eigenvalue weighted by Crippen LogP contribution is 2.11. The van der Waals surface area contributed by atoms with Crippen LogP contribution in [0.25, 0.3) is 0 Å². The lowest BCUT2D eigenvalue weighted by atomic mass is 10.4. The van der Waals surface area contributed by atoms with Gasteiger partial charge in [0.15, 0.2) is 0 Å². The lowest BCUT2D eigenvalue weighted by Gasteiger charge is -2.19. The molecule has 0 saturated carbocycles. The summed E-state index contributed by atoms with van der Waals surface area (Å²) >= 11 is 0. The number of nitrogens with one attached hydrogen (secondary N) is 1. The fraction of sp³-hybridized carbons (Fsp3) is 0.667. The fourth-order valence-electron chi connectivity index (χ4n) is 0.986. The van der Waals surface area contributed by atoms with Crippen molar-refractivity contribution in [2.45, 2.75) is 13.1 Å². The minimum atomic E-state index is -4.28. The van der Waals surface area contributed by atoms with E-state index < -0.39 is 12.7 Å². The van der Waals surface area contributed by atoms with E-state index in [0.717, 1.165) is 0 Å². The van der Waals surface area contributed by atoms with Crippen LogP contribution in [-0.4, -0.2) is 43.2 Å². The molecule has 88 valence electrons. The molecule has 0 saturated heterocycles. The normalized spacial score (nSPS) is 11.2. The van der Waals surface area contributed by atoms with Gasteiger partial charge in [-0.1, -0.05) is 6.08 Å². The van der Waals surface area contributed by atoms with Crippen molar-refractivity contribution >= 4 is 5.91 Å². The van der Waals surface area contributed by atoms with Gasteiger partial charge in [-0.2, -0.15) is 13.2 Å². The fourth-order valence-corrected chi connectivity index (χ4v) is 0.986. The topological polar surface area (TPSA) is 32.3 Å². The largest absolute Gasteiger partial charge is 0.401 e. The smallest absolute Gasteiger partial charge is 0.338 e. The van der Waals surface area contributed by atoms with Gasteiger partial charge in [-0.05, 0) is 6.92 Å². The number of hydrogen-bond acceptors (Lipinski definition) is 2. The summed E-state index contributed by atoms with van der Waals surface area (Å²) in [6.45, 7) is 4.57. The summed E-state index contributed by atoms with van der Waals surface area (Å²) in [6.07, 6.45) is -2.75. The molecule has 0 bridgehead atoms. The maximum absolute atomic E-state index is 11.7. The standard InChI is InChI=1S/C9H15F3N2O/c1-3-5-14(4-2)8(15)6-13-7-9(10,11)12/h3,13H,1,4-7H2,2H3. The van der Waals surface area contributed by atoms with Crippen molar-refractivity contribution in [2.75, 3.05) is 26.2 Å². The average molecular weight is 224 g/mol. The number of amides is 1. The molecule has 0 unspecified atom stereocenters. The van der Waals surface area contributed by atoms with Crippen LogP contribution in [0.1, 0.15) is 6.92 Å². The van der Waals surface area contributed by atoms with E-state index in [4.69, 9.17) is 0 Å². The SMILES string of the molecule is C=CCN(CC)C(=O)CNCC(F)(F)F. The number of hydrogen-bond donors (Lipinski definition) is 1. The van der Waals surface area contributed by atoms with Gasteiger partial charge in [0.25, 0.3) is 0 Å². The molecular weight excluding hydrogens is 209 g/mol. The van der Waals surface area contributed by atoms with Crippen molar-refractivity contribution in [1.29, 1.82) is 0 Å². The second-order valence-electron chi connectivity index (χ2n) is 2.94. The van der Waals surface area contributed by atoms with Crippen LogP contribution in [0.3, 0.4) is 0 Å². The first-order valence-electron chi connectivity index (χ1n) is 4.56. The van der Waals surface area contributed by atoms with Gasteiger partial charge in [-0.15, -0.1) is 6.58 Å². The molecule has 1 N–H and O–H groups in total. The van der Waals surface area contributed by atoms with Crippen LogP contribution in [-0.2, 0) is 4.79 Å². The van der Waals surface area contributed by atoms with Gasteiger partial charge >= 0.3 is 6.18 Å². The van der Waals surface area contributed by atoms with Crippen LogP contribution in [0.15, 0.2) is 12.7 Å². The molecule has 0 heterocycles. The number of halogens is 3. The van der Waals surface area contributed by atoms with E-state index in [0.29, 0.717) is 13.1 Å². The zero-order chi connectivity index (χ0) is 11.9. The zero-order valence-electron chi connectivity index (χ0n) is 8.60. The number of nitrogens with zero attached hydrogens (tertiary/aromatic N) is 1. The molecule has 0 aliphatic carbocycles. The van der Waals surface area contributed by atoms with Crippen LogP contribution >= 0.6 is 0 Å². The van der Waals surface area contributed by atoms with Crippen molar-refractivity contribution < 1.29 is 18.0 Å². The number of rotatable bonds is 6. The molecule has 15 heavy (non-hydrogen) atoms. The number of carbonyl (C=O) groups is 1. The molecule has 3 nitrogen and oxygen atoms in total. The molecule has 0 fully saturated rings. The lowest BCUT2D eigenvalue weighted by molar-refractivity contribution is -0.133. The Kier molecular flexibility index (Phi) is 6.00. The Morgan fingerprint density at radius 1 is 1.53 bits per heavy atom. The summed E-state index contributed by atoms with van der Waals surface area (Å²) < 4.78 is 35.2. The van der Waals surface area contributed by atoms with Crippen molar-refractivity contribution in [3.05, 3.63) is 12.7 Å². The van der Waals surface area contributed by atoms with Crippen LogP contribution < -0.4 is 5.32 Å². The van der Waals surface area contributed by atoms with E-state index >= 15 is 0 Å². The lowest BCUT2D eigenvalue weighted by Crippen LogP contribution is -2.40. The minimum Gasteiger partial charge on any atom is -0.338 e. The van der Waals surface area contributed by atoms with E-state index in [-0.39, 0.29) is 12.5 Å². The van der Waals surface area contributed by atoms with E-state index in [9.17, 15) is 18.0 Å². The predicted octanol–water partition coefficient (Wildman–Crippen LogP) is 1.17. The van der Waals surface area contributed by atoms with E-state index in [1.54, 1.807) is 6.92 Å². The van der Waals surface area contributed by atoms with Crippen LogP contribution in [0.2, 0.25) is 0 Å². The number of alkyl halides is 3. The van der Waals surface area contributed by atoms with Crippen LogP contribution in [0.4, 0.5) is 13.2 Å². The molecule has 0 spiro atoms. The maximum atomic E-state index is 11.7. The number of carbonyl (C=O) groups excluding carboxylic acids is 1. The Morgan fingerprint density at radius 2 is 2.13 bits per heavy atom. The van der Waals surface area contributed by atoms with Gasteiger partial charge in [0.1, 0.15) is 0 Å². The number of likely N-dealkylation sites (N-methyl/N-ethyl adjacent to an activating group) is 1. The van der Waals surface area contributed by atoms with Gasteiger partial charge < -0.3 is 10.2 Å². The Morgan fingerprint density at radius 3 is 2.53 bits per heavy atom. The molecule has 0 atom stereocenters. The first kappa shape index (κ1) is 14.0. The van der Waals surface area contributed by atoms with Crippen molar-refractivity contribution in [3.63, 3.8) is 0 Å². The highest BCUT2D eigenvalue weighted by Gasteiger charge is 2.26. The maximum Gasteiger partial charge on any atom is 0.401 e. The molecule has 0 rings (SSSR count). The summed E-state index contributed by atoms with van der Waals surface area (Å²) in [6, 6.07) is 0. The highest BCUT2D eigenvalue weighted by atomic mass is 19.4.